The molecule has 2 unspecified atom stereocenters. The lowest BCUT2D eigenvalue weighted by Gasteiger charge is -2.17. The van der Waals surface area contributed by atoms with Gasteiger partial charge in [-0.1, -0.05) is 31.9 Å². The van der Waals surface area contributed by atoms with Crippen LogP contribution in [0.4, 0.5) is 5.69 Å². The van der Waals surface area contributed by atoms with Crippen LogP contribution in [0.15, 0.2) is 24.3 Å². The molecule has 0 amide bonds. The fourth-order valence-electron chi connectivity index (χ4n) is 2.59. The van der Waals surface area contributed by atoms with Crippen molar-refractivity contribution in [3.63, 3.8) is 0 Å². The lowest BCUT2D eigenvalue weighted by atomic mass is 9.98. The summed E-state index contributed by atoms with van der Waals surface area (Å²) in [6, 6.07) is 7.10. The van der Waals surface area contributed by atoms with Gasteiger partial charge in [0.2, 0.25) is 0 Å². The van der Waals surface area contributed by atoms with Crippen molar-refractivity contribution in [2.75, 3.05) is 11.9 Å². The van der Waals surface area contributed by atoms with Crippen molar-refractivity contribution in [3.8, 4) is 0 Å². The van der Waals surface area contributed by atoms with Gasteiger partial charge in [0, 0.05) is 12.2 Å². The highest BCUT2D eigenvalue weighted by molar-refractivity contribution is 5.94. The molecule has 17 heavy (non-hydrogen) atoms. The molecule has 2 rings (SSSR count). The van der Waals surface area contributed by atoms with Gasteiger partial charge >= 0.3 is 5.97 Å². The highest BCUT2D eigenvalue weighted by atomic mass is 16.4. The van der Waals surface area contributed by atoms with E-state index in [0.29, 0.717) is 11.5 Å². The topological polar surface area (TPSA) is 49.3 Å². The SMILES string of the molecule is CC1CCCC1CNc1ccccc1C(=O)O. The van der Waals surface area contributed by atoms with Gasteiger partial charge in [0.1, 0.15) is 0 Å². The summed E-state index contributed by atoms with van der Waals surface area (Å²) in [6.45, 7) is 3.16. The fraction of sp³-hybridized carbons (Fsp3) is 0.500. The largest absolute Gasteiger partial charge is 0.478 e. The van der Waals surface area contributed by atoms with Crippen molar-refractivity contribution in [2.45, 2.75) is 26.2 Å². The molecule has 0 aromatic heterocycles. The Morgan fingerprint density at radius 2 is 2.18 bits per heavy atom. The Kier molecular flexibility index (Phi) is 3.67. The second-order valence-electron chi connectivity index (χ2n) is 4.90. The normalized spacial score (nSPS) is 23.6. The standard InChI is InChI=1S/C14H19NO2/c1-10-5-4-6-11(10)9-15-13-8-3-2-7-12(13)14(16)17/h2-3,7-8,10-11,15H,4-6,9H2,1H3,(H,16,17). The third-order valence-electron chi connectivity index (χ3n) is 3.75. The van der Waals surface area contributed by atoms with Crippen LogP contribution in [0.3, 0.4) is 0 Å². The molecule has 1 aliphatic rings. The van der Waals surface area contributed by atoms with Gasteiger partial charge in [0.05, 0.1) is 5.56 Å². The number of anilines is 1. The number of hydrogen-bond donors (Lipinski definition) is 2. The number of hydrogen-bond acceptors (Lipinski definition) is 2. The molecule has 3 heteroatoms. The second kappa shape index (κ2) is 5.21. The average molecular weight is 233 g/mol. The van der Waals surface area contributed by atoms with Crippen molar-refractivity contribution < 1.29 is 9.90 Å². The zero-order chi connectivity index (χ0) is 12.3. The molecule has 0 spiro atoms. The van der Waals surface area contributed by atoms with Crippen LogP contribution >= 0.6 is 0 Å². The zero-order valence-corrected chi connectivity index (χ0v) is 10.1. The predicted molar refractivity (Wildman–Crippen MR) is 68.4 cm³/mol. The van der Waals surface area contributed by atoms with Crippen molar-refractivity contribution in [1.82, 2.24) is 0 Å². The number of rotatable bonds is 4. The molecule has 0 bridgehead atoms. The van der Waals surface area contributed by atoms with Crippen LogP contribution < -0.4 is 5.32 Å². The minimum atomic E-state index is -0.868. The van der Waals surface area contributed by atoms with Crippen LogP contribution in [-0.2, 0) is 0 Å². The van der Waals surface area contributed by atoms with Gasteiger partial charge in [-0.05, 0) is 30.4 Å². The van der Waals surface area contributed by atoms with E-state index >= 15 is 0 Å². The molecular formula is C14H19NO2. The van der Waals surface area contributed by atoms with E-state index < -0.39 is 5.97 Å². The van der Waals surface area contributed by atoms with Gasteiger partial charge in [-0.15, -0.1) is 0 Å². The van der Waals surface area contributed by atoms with E-state index in [1.165, 1.54) is 19.3 Å². The highest BCUT2D eigenvalue weighted by Gasteiger charge is 2.23. The summed E-state index contributed by atoms with van der Waals surface area (Å²) < 4.78 is 0. The first-order chi connectivity index (χ1) is 8.18. The molecule has 1 aliphatic carbocycles. The smallest absolute Gasteiger partial charge is 0.337 e. The average Bonchev–Trinajstić information content (AvgIpc) is 2.72. The van der Waals surface area contributed by atoms with Gasteiger partial charge in [-0.2, -0.15) is 0 Å². The summed E-state index contributed by atoms with van der Waals surface area (Å²) in [7, 11) is 0. The third kappa shape index (κ3) is 2.78. The minimum Gasteiger partial charge on any atom is -0.478 e. The monoisotopic (exact) mass is 233 g/mol. The van der Waals surface area contributed by atoms with Gasteiger partial charge in [0.15, 0.2) is 0 Å². The van der Waals surface area contributed by atoms with Crippen LogP contribution in [-0.4, -0.2) is 17.6 Å². The summed E-state index contributed by atoms with van der Waals surface area (Å²) in [5, 5.41) is 12.4. The minimum absolute atomic E-state index is 0.359. The van der Waals surface area contributed by atoms with Crippen molar-refractivity contribution >= 4 is 11.7 Å². The van der Waals surface area contributed by atoms with E-state index in [2.05, 4.69) is 12.2 Å². The van der Waals surface area contributed by atoms with Gasteiger partial charge in [0.25, 0.3) is 0 Å². The zero-order valence-electron chi connectivity index (χ0n) is 10.1. The second-order valence-corrected chi connectivity index (χ2v) is 4.90. The number of benzene rings is 1. The van der Waals surface area contributed by atoms with E-state index in [0.717, 1.165) is 18.2 Å². The first kappa shape index (κ1) is 12.0. The van der Waals surface area contributed by atoms with Gasteiger partial charge in [-0.25, -0.2) is 4.79 Å². The van der Waals surface area contributed by atoms with E-state index in [-0.39, 0.29) is 0 Å². The molecule has 2 N–H and O–H groups in total. The number of nitrogens with one attached hydrogen (secondary N) is 1. The molecule has 0 radical (unpaired) electrons. The number of carboxylic acids is 1. The molecule has 1 saturated carbocycles. The Morgan fingerprint density at radius 1 is 1.41 bits per heavy atom. The maximum Gasteiger partial charge on any atom is 0.337 e. The number of carboxylic acid groups (broad SMARTS) is 1. The van der Waals surface area contributed by atoms with Crippen LogP contribution in [0.5, 0.6) is 0 Å². The molecule has 1 aromatic rings. The maximum atomic E-state index is 11.0. The molecule has 0 aliphatic heterocycles. The summed E-state index contributed by atoms with van der Waals surface area (Å²) in [5.41, 5.74) is 1.09. The van der Waals surface area contributed by atoms with Crippen LogP contribution in [0.2, 0.25) is 0 Å². The Balaban J connectivity index is 2.01. The highest BCUT2D eigenvalue weighted by Crippen LogP contribution is 2.31. The summed E-state index contributed by atoms with van der Waals surface area (Å²) >= 11 is 0. The molecule has 1 aromatic carbocycles. The molecule has 0 saturated heterocycles. The number of carbonyl (C=O) groups is 1. The molecule has 92 valence electrons. The van der Waals surface area contributed by atoms with Crippen molar-refractivity contribution in [3.05, 3.63) is 29.8 Å². The lowest BCUT2D eigenvalue weighted by Crippen LogP contribution is -2.17. The van der Waals surface area contributed by atoms with E-state index in [1.54, 1.807) is 12.1 Å². The Bertz CT molecular complexity index is 403. The van der Waals surface area contributed by atoms with Gasteiger partial charge in [-0.3, -0.25) is 0 Å². The summed E-state index contributed by atoms with van der Waals surface area (Å²) in [6.07, 6.45) is 3.85. The van der Waals surface area contributed by atoms with Crippen molar-refractivity contribution in [1.29, 1.82) is 0 Å². The summed E-state index contributed by atoms with van der Waals surface area (Å²) in [4.78, 5) is 11.0. The van der Waals surface area contributed by atoms with E-state index in [9.17, 15) is 4.79 Å². The van der Waals surface area contributed by atoms with Crippen LogP contribution in [0, 0.1) is 11.8 Å². The number of aromatic carboxylic acids is 1. The van der Waals surface area contributed by atoms with Crippen LogP contribution in [0.1, 0.15) is 36.5 Å². The number of para-hydroxylation sites is 1. The summed E-state index contributed by atoms with van der Waals surface area (Å²) in [5.74, 6) is 0.559. The van der Waals surface area contributed by atoms with E-state index in [1.807, 2.05) is 12.1 Å². The fourth-order valence-corrected chi connectivity index (χ4v) is 2.59. The van der Waals surface area contributed by atoms with Gasteiger partial charge < -0.3 is 10.4 Å². The molecule has 1 fully saturated rings. The van der Waals surface area contributed by atoms with Crippen molar-refractivity contribution in [2.24, 2.45) is 11.8 Å². The van der Waals surface area contributed by atoms with E-state index in [4.69, 9.17) is 5.11 Å². The quantitative estimate of drug-likeness (QED) is 0.839. The Labute approximate surface area is 102 Å². The Hall–Kier alpha value is -1.51. The maximum absolute atomic E-state index is 11.0. The molecule has 2 atom stereocenters. The first-order valence-electron chi connectivity index (χ1n) is 6.24. The molecule has 0 heterocycles. The molecular weight excluding hydrogens is 214 g/mol. The third-order valence-corrected chi connectivity index (χ3v) is 3.75. The first-order valence-corrected chi connectivity index (χ1v) is 6.24. The Morgan fingerprint density at radius 3 is 2.82 bits per heavy atom. The van der Waals surface area contributed by atoms with Crippen LogP contribution in [0.25, 0.3) is 0 Å². The lowest BCUT2D eigenvalue weighted by molar-refractivity contribution is 0.0698. The molecule has 3 nitrogen and oxygen atoms in total. The predicted octanol–water partition coefficient (Wildman–Crippen LogP) is 3.23.